The number of hydrogen-bond donors (Lipinski definition) is 3. The van der Waals surface area contributed by atoms with Crippen LogP contribution in [-0.4, -0.2) is 15.0 Å². The van der Waals surface area contributed by atoms with Crippen LogP contribution in [-0.2, 0) is 10.0 Å². The molecule has 5 N–H and O–H groups in total. The quantitative estimate of drug-likeness (QED) is 0.573. The Hall–Kier alpha value is -1.53. The molecule has 1 aliphatic carbocycles. The molecule has 0 atom stereocenters. The fourth-order valence-electron chi connectivity index (χ4n) is 2.42. The number of allylic oxidation sites excluding steroid dienone is 1. The maximum atomic E-state index is 11.3. The Kier molecular flexibility index (Phi) is 4.67. The molecular weight excluding hydrogens is 274 g/mol. The molecule has 5 nitrogen and oxygen atoms in total. The third-order valence-electron chi connectivity index (χ3n) is 3.48. The van der Waals surface area contributed by atoms with E-state index in [1.54, 1.807) is 12.1 Å². The van der Waals surface area contributed by atoms with Crippen molar-refractivity contribution in [2.24, 2.45) is 5.14 Å². The van der Waals surface area contributed by atoms with Gasteiger partial charge in [0.1, 0.15) is 4.90 Å². The lowest BCUT2D eigenvalue weighted by molar-refractivity contribution is 0.598. The number of nitrogen functional groups attached to an aromatic ring is 1. The van der Waals surface area contributed by atoms with Crippen LogP contribution in [0.5, 0.6) is 0 Å². The second-order valence-corrected chi connectivity index (χ2v) is 6.61. The normalized spacial score (nSPS) is 15.8. The smallest absolute Gasteiger partial charge is 0.240 e. The van der Waals surface area contributed by atoms with E-state index in [0.717, 1.165) is 18.7 Å². The minimum Gasteiger partial charge on any atom is -0.398 e. The first-order valence-corrected chi connectivity index (χ1v) is 8.35. The van der Waals surface area contributed by atoms with Gasteiger partial charge in [-0.05, 0) is 50.3 Å². The Balaban J connectivity index is 1.94. The van der Waals surface area contributed by atoms with Gasteiger partial charge in [-0.3, -0.25) is 0 Å². The number of nitrogens with two attached hydrogens (primary N) is 2. The van der Waals surface area contributed by atoms with Gasteiger partial charge < -0.3 is 11.1 Å². The number of sulfonamides is 1. The molecular formula is C14H21N3O2S. The Bertz CT molecular complexity index is 609. The lowest BCUT2D eigenvalue weighted by Crippen LogP contribution is -2.14. The molecule has 0 heterocycles. The third-order valence-corrected chi connectivity index (χ3v) is 4.46. The van der Waals surface area contributed by atoms with Crippen molar-refractivity contribution in [2.45, 2.75) is 37.0 Å². The zero-order chi connectivity index (χ0) is 14.6. The van der Waals surface area contributed by atoms with Crippen LogP contribution in [0.1, 0.15) is 32.1 Å². The molecule has 0 radical (unpaired) electrons. The van der Waals surface area contributed by atoms with Crippen molar-refractivity contribution in [1.29, 1.82) is 0 Å². The molecule has 0 amide bonds. The van der Waals surface area contributed by atoms with E-state index in [-0.39, 0.29) is 10.6 Å². The third kappa shape index (κ3) is 3.98. The number of rotatable bonds is 5. The molecule has 0 spiro atoms. The summed E-state index contributed by atoms with van der Waals surface area (Å²) in [5.74, 6) is 0. The first-order chi connectivity index (χ1) is 9.47. The number of primary sulfonamides is 1. The van der Waals surface area contributed by atoms with Crippen LogP contribution in [0, 0.1) is 0 Å². The molecule has 20 heavy (non-hydrogen) atoms. The zero-order valence-electron chi connectivity index (χ0n) is 11.4. The predicted octanol–water partition coefficient (Wildman–Crippen LogP) is 2.22. The minimum absolute atomic E-state index is 0.0296. The van der Waals surface area contributed by atoms with Gasteiger partial charge in [0.25, 0.3) is 0 Å². The molecule has 0 fully saturated rings. The van der Waals surface area contributed by atoms with E-state index in [4.69, 9.17) is 10.9 Å². The van der Waals surface area contributed by atoms with Gasteiger partial charge >= 0.3 is 0 Å². The highest BCUT2D eigenvalue weighted by atomic mass is 32.2. The number of benzene rings is 1. The van der Waals surface area contributed by atoms with E-state index in [0.29, 0.717) is 0 Å². The van der Waals surface area contributed by atoms with Gasteiger partial charge in [0.15, 0.2) is 0 Å². The summed E-state index contributed by atoms with van der Waals surface area (Å²) < 4.78 is 22.5. The molecule has 0 aliphatic heterocycles. The lowest BCUT2D eigenvalue weighted by atomic mass is 9.97. The number of hydrogen-bond acceptors (Lipinski definition) is 4. The van der Waals surface area contributed by atoms with Crippen molar-refractivity contribution in [3.8, 4) is 0 Å². The monoisotopic (exact) mass is 295 g/mol. The summed E-state index contributed by atoms with van der Waals surface area (Å²) in [6, 6.07) is 4.73. The van der Waals surface area contributed by atoms with Crippen molar-refractivity contribution >= 4 is 21.4 Å². The summed E-state index contributed by atoms with van der Waals surface area (Å²) in [5.41, 5.74) is 8.20. The topological polar surface area (TPSA) is 98.2 Å². The summed E-state index contributed by atoms with van der Waals surface area (Å²) in [6.45, 7) is 0.819. The Morgan fingerprint density at radius 2 is 2.05 bits per heavy atom. The average molecular weight is 295 g/mol. The molecule has 0 aromatic heterocycles. The highest BCUT2D eigenvalue weighted by Gasteiger charge is 2.12. The summed E-state index contributed by atoms with van der Waals surface area (Å²) in [5, 5.41) is 8.32. The first kappa shape index (κ1) is 14.9. The lowest BCUT2D eigenvalue weighted by Gasteiger charge is -2.14. The van der Waals surface area contributed by atoms with Crippen LogP contribution in [0.3, 0.4) is 0 Å². The largest absolute Gasteiger partial charge is 0.398 e. The van der Waals surface area contributed by atoms with Crippen LogP contribution in [0.2, 0.25) is 0 Å². The molecule has 110 valence electrons. The molecule has 1 aliphatic rings. The fraction of sp³-hybridized carbons (Fsp3) is 0.429. The van der Waals surface area contributed by atoms with Crippen LogP contribution in [0.25, 0.3) is 0 Å². The van der Waals surface area contributed by atoms with Crippen molar-refractivity contribution in [3.05, 3.63) is 29.8 Å². The van der Waals surface area contributed by atoms with Gasteiger partial charge in [0, 0.05) is 12.2 Å². The molecule has 1 aromatic rings. The summed E-state index contributed by atoms with van der Waals surface area (Å²) in [4.78, 5) is -0.0296. The fourth-order valence-corrected chi connectivity index (χ4v) is 3.06. The molecule has 0 unspecified atom stereocenters. The van der Waals surface area contributed by atoms with Crippen molar-refractivity contribution in [1.82, 2.24) is 0 Å². The van der Waals surface area contributed by atoms with Crippen LogP contribution in [0.4, 0.5) is 11.4 Å². The highest BCUT2D eigenvalue weighted by Crippen LogP contribution is 2.23. The van der Waals surface area contributed by atoms with Gasteiger partial charge in [-0.1, -0.05) is 11.6 Å². The van der Waals surface area contributed by atoms with E-state index in [2.05, 4.69) is 11.4 Å². The van der Waals surface area contributed by atoms with Gasteiger partial charge in [0.05, 0.1) is 5.69 Å². The molecule has 2 rings (SSSR count). The standard InChI is InChI=1S/C14H21N3O2S/c15-13-10-12(6-7-14(13)20(16,18)19)17-9-8-11-4-2-1-3-5-11/h4,6-7,10,17H,1-3,5,8-9,15H2,(H2,16,18,19). The number of anilines is 2. The maximum Gasteiger partial charge on any atom is 0.240 e. The highest BCUT2D eigenvalue weighted by molar-refractivity contribution is 7.89. The molecule has 0 saturated heterocycles. The second kappa shape index (κ2) is 6.28. The molecule has 0 saturated carbocycles. The first-order valence-electron chi connectivity index (χ1n) is 6.81. The van der Waals surface area contributed by atoms with Crippen molar-refractivity contribution in [3.63, 3.8) is 0 Å². The average Bonchev–Trinajstić information content (AvgIpc) is 2.38. The SMILES string of the molecule is Nc1cc(NCCC2=CCCCC2)ccc1S(N)(=O)=O. The maximum absolute atomic E-state index is 11.3. The summed E-state index contributed by atoms with van der Waals surface area (Å²) in [7, 11) is -3.75. The predicted molar refractivity (Wildman–Crippen MR) is 81.9 cm³/mol. The summed E-state index contributed by atoms with van der Waals surface area (Å²) >= 11 is 0. The Labute approximate surface area is 120 Å². The second-order valence-electron chi connectivity index (χ2n) is 5.08. The Morgan fingerprint density at radius 1 is 1.25 bits per heavy atom. The van der Waals surface area contributed by atoms with E-state index in [1.807, 2.05) is 0 Å². The van der Waals surface area contributed by atoms with E-state index in [1.165, 1.54) is 37.3 Å². The van der Waals surface area contributed by atoms with Crippen LogP contribution < -0.4 is 16.2 Å². The molecule has 1 aromatic carbocycles. The van der Waals surface area contributed by atoms with Gasteiger partial charge in [0.2, 0.25) is 10.0 Å². The van der Waals surface area contributed by atoms with E-state index in [9.17, 15) is 8.42 Å². The Morgan fingerprint density at radius 3 is 2.65 bits per heavy atom. The van der Waals surface area contributed by atoms with Crippen molar-refractivity contribution < 1.29 is 8.42 Å². The van der Waals surface area contributed by atoms with E-state index < -0.39 is 10.0 Å². The van der Waals surface area contributed by atoms with Crippen LogP contribution in [0.15, 0.2) is 34.7 Å². The minimum atomic E-state index is -3.75. The van der Waals surface area contributed by atoms with Gasteiger partial charge in [-0.15, -0.1) is 0 Å². The van der Waals surface area contributed by atoms with Crippen LogP contribution >= 0.6 is 0 Å². The van der Waals surface area contributed by atoms with Gasteiger partial charge in [-0.2, -0.15) is 0 Å². The molecule has 0 bridgehead atoms. The summed E-state index contributed by atoms with van der Waals surface area (Å²) in [6.07, 6.45) is 8.28. The van der Waals surface area contributed by atoms with Gasteiger partial charge in [-0.25, -0.2) is 13.6 Å². The van der Waals surface area contributed by atoms with Crippen molar-refractivity contribution in [2.75, 3.05) is 17.6 Å². The van der Waals surface area contributed by atoms with E-state index >= 15 is 0 Å². The zero-order valence-corrected chi connectivity index (χ0v) is 12.2. The number of nitrogens with one attached hydrogen (secondary N) is 1. The molecule has 6 heteroatoms.